The lowest BCUT2D eigenvalue weighted by Crippen LogP contribution is -2.25. The summed E-state index contributed by atoms with van der Waals surface area (Å²) < 4.78 is 7.80. The standard InChI is InChI=1S/C20H20N2O2/c1-14(18-21-16-10-6-7-11-17(16)22(18)2)24-19(23)20(12-13-20)15-8-4-3-5-9-15/h3-11,14H,12-13H2,1-2H3/t14-/m1/s1. The summed E-state index contributed by atoms with van der Waals surface area (Å²) in [5, 5.41) is 0. The van der Waals surface area contributed by atoms with E-state index in [-0.39, 0.29) is 12.1 Å². The molecule has 1 heterocycles. The molecule has 1 aromatic heterocycles. The molecule has 0 spiro atoms. The van der Waals surface area contributed by atoms with Crippen molar-refractivity contribution in [1.82, 2.24) is 9.55 Å². The highest BCUT2D eigenvalue weighted by atomic mass is 16.5. The number of para-hydroxylation sites is 2. The van der Waals surface area contributed by atoms with Crippen LogP contribution in [0, 0.1) is 0 Å². The van der Waals surface area contributed by atoms with Gasteiger partial charge in [0.25, 0.3) is 0 Å². The minimum absolute atomic E-state index is 0.145. The average Bonchev–Trinajstić information content (AvgIpc) is 3.36. The van der Waals surface area contributed by atoms with E-state index in [4.69, 9.17) is 4.74 Å². The minimum atomic E-state index is -0.458. The summed E-state index contributed by atoms with van der Waals surface area (Å²) >= 11 is 0. The van der Waals surface area contributed by atoms with Crippen LogP contribution in [0.4, 0.5) is 0 Å². The van der Waals surface area contributed by atoms with Crippen molar-refractivity contribution in [2.45, 2.75) is 31.3 Å². The summed E-state index contributed by atoms with van der Waals surface area (Å²) in [6, 6.07) is 17.9. The second-order valence-electron chi connectivity index (χ2n) is 6.51. The molecule has 1 aliphatic carbocycles. The Labute approximate surface area is 141 Å². The van der Waals surface area contributed by atoms with Crippen LogP contribution in [0.3, 0.4) is 0 Å². The van der Waals surface area contributed by atoms with Gasteiger partial charge in [-0.25, -0.2) is 4.98 Å². The SMILES string of the molecule is C[C@@H](OC(=O)C1(c2ccccc2)CC1)c1nc2ccccc2n1C. The number of benzene rings is 2. The summed E-state index contributed by atoms with van der Waals surface area (Å²) in [5.74, 6) is 0.627. The minimum Gasteiger partial charge on any atom is -0.454 e. The first-order valence-corrected chi connectivity index (χ1v) is 8.30. The van der Waals surface area contributed by atoms with Crippen molar-refractivity contribution in [1.29, 1.82) is 0 Å². The molecule has 0 aliphatic heterocycles. The first kappa shape index (κ1) is 14.9. The highest BCUT2D eigenvalue weighted by Crippen LogP contribution is 2.49. The van der Waals surface area contributed by atoms with E-state index in [0.717, 1.165) is 35.3 Å². The number of nitrogens with zero attached hydrogens (tertiary/aromatic N) is 2. The number of aromatic nitrogens is 2. The number of hydrogen-bond donors (Lipinski definition) is 0. The maximum Gasteiger partial charge on any atom is 0.317 e. The van der Waals surface area contributed by atoms with Crippen molar-refractivity contribution in [2.24, 2.45) is 7.05 Å². The quantitative estimate of drug-likeness (QED) is 0.685. The van der Waals surface area contributed by atoms with Crippen LogP contribution < -0.4 is 0 Å². The smallest absolute Gasteiger partial charge is 0.317 e. The fourth-order valence-electron chi connectivity index (χ4n) is 3.35. The van der Waals surface area contributed by atoms with Crippen LogP contribution >= 0.6 is 0 Å². The van der Waals surface area contributed by atoms with E-state index in [1.54, 1.807) is 0 Å². The lowest BCUT2D eigenvalue weighted by Gasteiger charge is -2.19. The highest BCUT2D eigenvalue weighted by Gasteiger charge is 2.53. The summed E-state index contributed by atoms with van der Waals surface area (Å²) in [5.41, 5.74) is 2.55. The lowest BCUT2D eigenvalue weighted by atomic mass is 9.96. The molecule has 1 saturated carbocycles. The monoisotopic (exact) mass is 320 g/mol. The number of esters is 1. The number of carbonyl (C=O) groups is 1. The predicted octanol–water partition coefficient (Wildman–Crippen LogP) is 3.91. The molecule has 4 nitrogen and oxygen atoms in total. The van der Waals surface area contributed by atoms with Crippen LogP contribution in [-0.2, 0) is 22.0 Å². The summed E-state index contributed by atoms with van der Waals surface area (Å²) in [6.45, 7) is 1.89. The Balaban J connectivity index is 1.58. The van der Waals surface area contributed by atoms with E-state index >= 15 is 0 Å². The molecule has 0 radical (unpaired) electrons. The van der Waals surface area contributed by atoms with Gasteiger partial charge in [0.1, 0.15) is 0 Å². The molecule has 0 bridgehead atoms. The molecule has 0 unspecified atom stereocenters. The van der Waals surface area contributed by atoms with Crippen LogP contribution in [-0.4, -0.2) is 15.5 Å². The van der Waals surface area contributed by atoms with Crippen molar-refractivity contribution in [3.63, 3.8) is 0 Å². The second kappa shape index (κ2) is 5.48. The Morgan fingerprint density at radius 3 is 2.46 bits per heavy atom. The Hall–Kier alpha value is -2.62. The van der Waals surface area contributed by atoms with Crippen molar-refractivity contribution in [3.8, 4) is 0 Å². The maximum atomic E-state index is 12.8. The van der Waals surface area contributed by atoms with E-state index in [0.29, 0.717) is 0 Å². The van der Waals surface area contributed by atoms with Crippen molar-refractivity contribution in [3.05, 3.63) is 66.0 Å². The van der Waals surface area contributed by atoms with Crippen LogP contribution in [0.2, 0.25) is 0 Å². The predicted molar refractivity (Wildman–Crippen MR) is 92.6 cm³/mol. The van der Waals surface area contributed by atoms with E-state index in [1.807, 2.05) is 73.1 Å². The van der Waals surface area contributed by atoms with E-state index in [2.05, 4.69) is 4.98 Å². The highest BCUT2D eigenvalue weighted by molar-refractivity contribution is 5.86. The van der Waals surface area contributed by atoms with Gasteiger partial charge in [-0.1, -0.05) is 42.5 Å². The molecular weight excluding hydrogens is 300 g/mol. The summed E-state index contributed by atoms with van der Waals surface area (Å²) in [6.07, 6.45) is 1.33. The lowest BCUT2D eigenvalue weighted by molar-refractivity contribution is -0.152. The molecule has 1 atom stereocenters. The Morgan fingerprint density at radius 1 is 1.12 bits per heavy atom. The number of imidazole rings is 1. The molecule has 3 aromatic rings. The van der Waals surface area contributed by atoms with Gasteiger partial charge in [-0.2, -0.15) is 0 Å². The number of ether oxygens (including phenoxy) is 1. The molecule has 1 fully saturated rings. The maximum absolute atomic E-state index is 12.8. The summed E-state index contributed by atoms with van der Waals surface area (Å²) in [7, 11) is 1.96. The summed E-state index contributed by atoms with van der Waals surface area (Å²) in [4.78, 5) is 17.4. The molecule has 122 valence electrons. The zero-order chi connectivity index (χ0) is 16.7. The van der Waals surface area contributed by atoms with Crippen molar-refractivity contribution in [2.75, 3.05) is 0 Å². The first-order chi connectivity index (χ1) is 11.6. The van der Waals surface area contributed by atoms with Crippen molar-refractivity contribution >= 4 is 17.0 Å². The van der Waals surface area contributed by atoms with Gasteiger partial charge in [-0.3, -0.25) is 4.79 Å². The van der Waals surface area contributed by atoms with E-state index in [1.165, 1.54) is 0 Å². The number of rotatable bonds is 4. The number of aryl methyl sites for hydroxylation is 1. The fourth-order valence-corrected chi connectivity index (χ4v) is 3.35. The fraction of sp³-hybridized carbons (Fsp3) is 0.300. The average molecular weight is 320 g/mol. The number of hydrogen-bond acceptors (Lipinski definition) is 3. The van der Waals surface area contributed by atoms with Crippen LogP contribution in [0.5, 0.6) is 0 Å². The topological polar surface area (TPSA) is 44.1 Å². The van der Waals surface area contributed by atoms with Crippen LogP contribution in [0.25, 0.3) is 11.0 Å². The molecule has 0 saturated heterocycles. The Bertz CT molecular complexity index is 894. The Kier molecular flexibility index (Phi) is 3.41. The van der Waals surface area contributed by atoms with Crippen LogP contribution in [0.15, 0.2) is 54.6 Å². The zero-order valence-electron chi connectivity index (χ0n) is 13.9. The van der Waals surface area contributed by atoms with E-state index < -0.39 is 5.41 Å². The molecule has 4 rings (SSSR count). The third-order valence-corrected chi connectivity index (χ3v) is 4.94. The van der Waals surface area contributed by atoms with Gasteiger partial charge in [0.15, 0.2) is 11.9 Å². The molecule has 4 heteroatoms. The van der Waals surface area contributed by atoms with Gasteiger partial charge >= 0.3 is 5.97 Å². The van der Waals surface area contributed by atoms with Gasteiger partial charge in [-0.15, -0.1) is 0 Å². The van der Waals surface area contributed by atoms with E-state index in [9.17, 15) is 4.79 Å². The molecule has 0 amide bonds. The van der Waals surface area contributed by atoms with Gasteiger partial charge in [0.2, 0.25) is 0 Å². The number of carbonyl (C=O) groups excluding carboxylic acids is 1. The molecule has 1 aliphatic rings. The molecule has 24 heavy (non-hydrogen) atoms. The van der Waals surface area contributed by atoms with Gasteiger partial charge in [0.05, 0.1) is 16.4 Å². The van der Waals surface area contributed by atoms with Crippen LogP contribution in [0.1, 0.15) is 37.3 Å². The molecular formula is C20H20N2O2. The first-order valence-electron chi connectivity index (χ1n) is 8.30. The normalized spacial score (nSPS) is 16.8. The van der Waals surface area contributed by atoms with Crippen molar-refractivity contribution < 1.29 is 9.53 Å². The number of fused-ring (bicyclic) bond motifs is 1. The molecule has 0 N–H and O–H groups in total. The van der Waals surface area contributed by atoms with Gasteiger partial charge < -0.3 is 9.30 Å². The molecule has 2 aromatic carbocycles. The third-order valence-electron chi connectivity index (χ3n) is 4.94. The van der Waals surface area contributed by atoms with Gasteiger partial charge in [0, 0.05) is 7.05 Å². The third kappa shape index (κ3) is 2.30. The zero-order valence-corrected chi connectivity index (χ0v) is 13.9. The second-order valence-corrected chi connectivity index (χ2v) is 6.51. The largest absolute Gasteiger partial charge is 0.454 e. The van der Waals surface area contributed by atoms with Gasteiger partial charge in [-0.05, 0) is 37.5 Å². The Morgan fingerprint density at radius 2 is 1.79 bits per heavy atom.